The van der Waals surface area contributed by atoms with E-state index in [1.165, 1.54) is 30.8 Å². The highest BCUT2D eigenvalue weighted by atomic mass is 32.2. The molecule has 1 N–H and O–H groups in total. The first-order valence-corrected chi connectivity index (χ1v) is 6.59. The maximum Gasteiger partial charge on any atom is 0.170 e. The predicted molar refractivity (Wildman–Crippen MR) is 61.0 cm³/mol. The molecule has 1 aliphatic rings. The Hall–Kier alpha value is -0.130. The molecule has 1 fully saturated rings. The Kier molecular flexibility index (Phi) is 3.41. The molecule has 0 aromatic carbocycles. The number of aromatic nitrogens is 2. The van der Waals surface area contributed by atoms with Crippen LogP contribution in [0, 0.1) is 6.92 Å². The topological polar surface area (TPSA) is 37.8 Å². The highest BCUT2D eigenvalue weighted by Gasteiger charge is 2.27. The van der Waals surface area contributed by atoms with Crippen molar-refractivity contribution in [2.45, 2.75) is 41.8 Å². The van der Waals surface area contributed by atoms with Gasteiger partial charge in [0.05, 0.1) is 0 Å². The van der Waals surface area contributed by atoms with Gasteiger partial charge in [0.1, 0.15) is 5.82 Å². The molecule has 14 heavy (non-hydrogen) atoms. The number of aryl methyl sites for hydroxylation is 1. The van der Waals surface area contributed by atoms with Crippen molar-refractivity contribution in [3.63, 3.8) is 0 Å². The van der Waals surface area contributed by atoms with E-state index in [-0.39, 0.29) is 0 Å². The van der Waals surface area contributed by atoms with E-state index in [1.807, 2.05) is 18.7 Å². The van der Waals surface area contributed by atoms with Gasteiger partial charge in [-0.15, -0.1) is 0 Å². The molecule has 5 heteroatoms. The zero-order valence-electron chi connectivity index (χ0n) is 8.49. The molecule has 2 unspecified atom stereocenters. The molecule has 1 aromatic heterocycles. The summed E-state index contributed by atoms with van der Waals surface area (Å²) in [7, 11) is 2.05. The summed E-state index contributed by atoms with van der Waals surface area (Å²) < 4.78 is 5.32. The summed E-state index contributed by atoms with van der Waals surface area (Å²) in [6.07, 6.45) is 3.93. The third-order valence-corrected chi connectivity index (χ3v) is 4.86. The maximum atomic E-state index is 4.39. The Morgan fingerprint density at radius 2 is 2.36 bits per heavy atom. The lowest BCUT2D eigenvalue weighted by atomic mass is 10.2. The van der Waals surface area contributed by atoms with Crippen molar-refractivity contribution >= 4 is 23.3 Å². The van der Waals surface area contributed by atoms with Gasteiger partial charge in [-0.3, -0.25) is 0 Å². The smallest absolute Gasteiger partial charge is 0.170 e. The van der Waals surface area contributed by atoms with Crippen LogP contribution < -0.4 is 5.32 Å². The van der Waals surface area contributed by atoms with E-state index in [9.17, 15) is 0 Å². The lowest BCUT2D eigenvalue weighted by Crippen LogP contribution is -2.30. The molecule has 2 atom stereocenters. The number of thioether (sulfide) groups is 1. The van der Waals surface area contributed by atoms with Gasteiger partial charge in [0.15, 0.2) is 4.34 Å². The summed E-state index contributed by atoms with van der Waals surface area (Å²) in [5, 5.41) is 4.06. The molecule has 78 valence electrons. The van der Waals surface area contributed by atoms with E-state index < -0.39 is 0 Å². The molecule has 1 aromatic rings. The van der Waals surface area contributed by atoms with E-state index in [0.717, 1.165) is 10.2 Å². The summed E-state index contributed by atoms with van der Waals surface area (Å²) in [6, 6.07) is 0.657. The molecule has 3 nitrogen and oxygen atoms in total. The minimum absolute atomic E-state index is 0.657. The molecule has 1 aliphatic carbocycles. The fourth-order valence-corrected chi connectivity index (χ4v) is 4.10. The van der Waals surface area contributed by atoms with Crippen LogP contribution in [0.15, 0.2) is 4.34 Å². The van der Waals surface area contributed by atoms with E-state index in [0.29, 0.717) is 11.3 Å². The van der Waals surface area contributed by atoms with Gasteiger partial charge in [0.2, 0.25) is 0 Å². The Morgan fingerprint density at radius 1 is 1.50 bits per heavy atom. The minimum atomic E-state index is 0.657. The first-order valence-electron chi connectivity index (χ1n) is 4.94. The normalized spacial score (nSPS) is 27.0. The van der Waals surface area contributed by atoms with Crippen LogP contribution in [0.25, 0.3) is 0 Å². The number of hydrogen-bond donors (Lipinski definition) is 1. The van der Waals surface area contributed by atoms with Crippen molar-refractivity contribution < 1.29 is 0 Å². The highest BCUT2D eigenvalue weighted by molar-refractivity contribution is 8.01. The first-order chi connectivity index (χ1) is 6.79. The average Bonchev–Trinajstić information content (AvgIpc) is 2.76. The first kappa shape index (κ1) is 10.4. The Bertz CT molecular complexity index is 300. The molecule has 1 heterocycles. The Labute approximate surface area is 92.9 Å². The fourth-order valence-electron chi connectivity index (χ4n) is 1.85. The van der Waals surface area contributed by atoms with E-state index in [4.69, 9.17) is 0 Å². The van der Waals surface area contributed by atoms with Crippen molar-refractivity contribution in [3.8, 4) is 0 Å². The van der Waals surface area contributed by atoms with Gasteiger partial charge in [-0.2, -0.15) is 4.37 Å². The van der Waals surface area contributed by atoms with Crippen LogP contribution in [-0.2, 0) is 0 Å². The van der Waals surface area contributed by atoms with Gasteiger partial charge in [0, 0.05) is 11.3 Å². The predicted octanol–water partition coefficient (Wildman–Crippen LogP) is 2.08. The van der Waals surface area contributed by atoms with Crippen molar-refractivity contribution in [1.82, 2.24) is 14.7 Å². The second kappa shape index (κ2) is 4.59. The summed E-state index contributed by atoms with van der Waals surface area (Å²) in [4.78, 5) is 4.39. The maximum absolute atomic E-state index is 4.39. The number of nitrogens with one attached hydrogen (secondary N) is 1. The third kappa shape index (κ3) is 2.27. The molecule has 1 saturated carbocycles. The highest BCUT2D eigenvalue weighted by Crippen LogP contribution is 2.35. The van der Waals surface area contributed by atoms with E-state index in [2.05, 4.69) is 21.7 Å². The van der Waals surface area contributed by atoms with Crippen molar-refractivity contribution in [3.05, 3.63) is 5.82 Å². The Balaban J connectivity index is 1.96. The summed E-state index contributed by atoms with van der Waals surface area (Å²) in [6.45, 7) is 1.95. The molecule has 2 rings (SSSR count). The number of nitrogens with zero attached hydrogens (tertiary/aromatic N) is 2. The van der Waals surface area contributed by atoms with Crippen LogP contribution in [-0.4, -0.2) is 27.7 Å². The minimum Gasteiger partial charge on any atom is -0.316 e. The van der Waals surface area contributed by atoms with Crippen LogP contribution in [0.3, 0.4) is 0 Å². The molecule has 0 saturated heterocycles. The van der Waals surface area contributed by atoms with E-state index >= 15 is 0 Å². The van der Waals surface area contributed by atoms with Crippen LogP contribution in [0.2, 0.25) is 0 Å². The van der Waals surface area contributed by atoms with Gasteiger partial charge in [-0.25, -0.2) is 4.98 Å². The number of hydrogen-bond acceptors (Lipinski definition) is 5. The third-order valence-electron chi connectivity index (χ3n) is 2.58. The van der Waals surface area contributed by atoms with Crippen molar-refractivity contribution in [2.75, 3.05) is 7.05 Å². The quantitative estimate of drug-likeness (QED) is 0.861. The molecule has 0 radical (unpaired) electrons. The summed E-state index contributed by atoms with van der Waals surface area (Å²) in [5.41, 5.74) is 0. The van der Waals surface area contributed by atoms with Crippen LogP contribution in [0.5, 0.6) is 0 Å². The number of rotatable bonds is 3. The summed E-state index contributed by atoms with van der Waals surface area (Å²) in [5.74, 6) is 0.900. The van der Waals surface area contributed by atoms with Crippen molar-refractivity contribution in [1.29, 1.82) is 0 Å². The molecule has 0 bridgehead atoms. The lowest BCUT2D eigenvalue weighted by molar-refractivity contribution is 0.591. The van der Waals surface area contributed by atoms with Crippen LogP contribution in [0.4, 0.5) is 0 Å². The second-order valence-corrected chi connectivity index (χ2v) is 5.83. The standard InChI is InChI=1S/C9H15N3S2/c1-6-11-9(14-12-6)13-8-5-3-4-7(8)10-2/h7-8,10H,3-5H2,1-2H3. The van der Waals surface area contributed by atoms with Gasteiger partial charge in [0.25, 0.3) is 0 Å². The lowest BCUT2D eigenvalue weighted by Gasteiger charge is -2.16. The zero-order chi connectivity index (χ0) is 9.97. The Morgan fingerprint density at radius 3 is 3.00 bits per heavy atom. The second-order valence-electron chi connectivity index (χ2n) is 3.59. The molecule has 0 aliphatic heterocycles. The van der Waals surface area contributed by atoms with Gasteiger partial charge >= 0.3 is 0 Å². The zero-order valence-corrected chi connectivity index (χ0v) is 10.1. The SMILES string of the molecule is CNC1CCCC1Sc1nc(C)ns1. The molecule has 0 amide bonds. The average molecular weight is 229 g/mol. The largest absolute Gasteiger partial charge is 0.316 e. The molecular formula is C9H15N3S2. The molecular weight excluding hydrogens is 214 g/mol. The van der Waals surface area contributed by atoms with Crippen LogP contribution in [0.1, 0.15) is 25.1 Å². The van der Waals surface area contributed by atoms with Crippen molar-refractivity contribution in [2.24, 2.45) is 0 Å². The summed E-state index contributed by atoms with van der Waals surface area (Å²) >= 11 is 3.41. The van der Waals surface area contributed by atoms with E-state index in [1.54, 1.807) is 0 Å². The van der Waals surface area contributed by atoms with Gasteiger partial charge in [-0.05, 0) is 38.3 Å². The van der Waals surface area contributed by atoms with Crippen LogP contribution >= 0.6 is 23.3 Å². The monoisotopic (exact) mass is 229 g/mol. The van der Waals surface area contributed by atoms with Gasteiger partial charge in [-0.1, -0.05) is 18.2 Å². The molecule has 0 spiro atoms. The van der Waals surface area contributed by atoms with Gasteiger partial charge < -0.3 is 5.32 Å². The fraction of sp³-hybridized carbons (Fsp3) is 0.778.